The van der Waals surface area contributed by atoms with Crippen LogP contribution in [0.25, 0.3) is 0 Å². The Kier molecular flexibility index (Phi) is 7.72. The van der Waals surface area contributed by atoms with E-state index < -0.39 is 23.2 Å². The third-order valence-corrected chi connectivity index (χ3v) is 12.2. The Labute approximate surface area is 255 Å². The van der Waals surface area contributed by atoms with Gasteiger partial charge in [0.2, 0.25) is 15.9 Å². The van der Waals surface area contributed by atoms with Crippen LogP contribution >= 0.6 is 0 Å². The van der Waals surface area contributed by atoms with Gasteiger partial charge in [-0.2, -0.15) is 4.72 Å². The molecule has 3 N–H and O–H groups in total. The van der Waals surface area contributed by atoms with Crippen LogP contribution in [-0.2, 0) is 30.5 Å². The summed E-state index contributed by atoms with van der Waals surface area (Å²) in [4.78, 5) is 14.1. The molecule has 230 valence electrons. The topological polar surface area (TPSA) is 115 Å². The van der Waals surface area contributed by atoms with E-state index in [1.165, 1.54) is 25.0 Å². The van der Waals surface area contributed by atoms with Crippen molar-refractivity contribution in [2.45, 2.75) is 87.9 Å². The zero-order chi connectivity index (χ0) is 29.8. The van der Waals surface area contributed by atoms with Gasteiger partial charge >= 0.3 is 7.12 Å². The Hall–Kier alpha value is -2.60. The average Bonchev–Trinajstić information content (AvgIpc) is 3.42. The number of fused-ring (bicyclic) bond motifs is 1. The smallest absolute Gasteiger partial charge is 0.481 e. The van der Waals surface area contributed by atoms with Gasteiger partial charge in [-0.1, -0.05) is 63.4 Å². The van der Waals surface area contributed by atoms with Gasteiger partial charge in [-0.05, 0) is 66.5 Å². The van der Waals surface area contributed by atoms with Crippen molar-refractivity contribution < 1.29 is 27.3 Å². The van der Waals surface area contributed by atoms with Crippen molar-refractivity contribution in [1.29, 1.82) is 0 Å². The third-order valence-electron chi connectivity index (χ3n) is 10.7. The van der Waals surface area contributed by atoms with Crippen LogP contribution in [0.3, 0.4) is 0 Å². The van der Waals surface area contributed by atoms with E-state index in [1.54, 1.807) is 6.07 Å². The van der Waals surface area contributed by atoms with Crippen molar-refractivity contribution in [2.75, 3.05) is 18.5 Å². The first-order valence-electron chi connectivity index (χ1n) is 15.9. The Morgan fingerprint density at radius 3 is 2.67 bits per heavy atom. The summed E-state index contributed by atoms with van der Waals surface area (Å²) in [6, 6.07) is 13.2. The van der Waals surface area contributed by atoms with Crippen molar-refractivity contribution in [3.05, 3.63) is 54.1 Å². The molecule has 4 aliphatic carbocycles. The molecule has 2 aliphatic heterocycles. The van der Waals surface area contributed by atoms with Gasteiger partial charge in [0, 0.05) is 12.6 Å². The van der Waals surface area contributed by atoms with E-state index in [2.05, 4.69) is 29.2 Å². The fourth-order valence-corrected chi connectivity index (χ4v) is 8.95. The van der Waals surface area contributed by atoms with E-state index in [9.17, 15) is 13.2 Å². The molecule has 9 nitrogen and oxygen atoms in total. The number of hydrogen-bond acceptors (Lipinski definition) is 7. The van der Waals surface area contributed by atoms with Crippen LogP contribution in [0, 0.1) is 23.2 Å². The normalized spacial score (nSPS) is 28.7. The Morgan fingerprint density at radius 1 is 1.12 bits per heavy atom. The molecular formula is C32H42BN3O6S. The highest BCUT2D eigenvalue weighted by Gasteiger charge is 2.63. The fraction of sp³-hybridized carbons (Fsp3) is 0.594. The van der Waals surface area contributed by atoms with Gasteiger partial charge in [0.05, 0.1) is 28.7 Å². The molecular weight excluding hydrogens is 565 g/mol. The number of carbonyl (C=O) groups is 1. The Morgan fingerprint density at radius 2 is 1.93 bits per heavy atom. The van der Waals surface area contributed by atoms with Gasteiger partial charge in [0.1, 0.15) is 18.4 Å². The van der Waals surface area contributed by atoms with Gasteiger partial charge in [-0.25, -0.2) is 8.42 Å². The third kappa shape index (κ3) is 5.69. The summed E-state index contributed by atoms with van der Waals surface area (Å²) in [7, 11) is -4.58. The monoisotopic (exact) mass is 607 g/mol. The van der Waals surface area contributed by atoms with Crippen molar-refractivity contribution in [3.8, 4) is 5.75 Å². The second kappa shape index (κ2) is 11.4. The molecule has 1 saturated heterocycles. The standard InChI is InChI=1S/C32H42BN3O6S/c1-32(2)22-17-24(32)30-28(18-22)41-33(42-30)29(16-21-9-6-10-21)35-31(37)26(15-20-7-4-3-5-8-20)36-43(38,39)23-11-12-25-27(19-23)40-14-13-34-25/h3-5,7-8,11-12,19,21-22,24,26,28-30,34,36H,6,9-10,13-18H2,1-2H3,(H,35,37)/t22-,24+,26-,28+,29-,30?/m0/s1. The zero-order valence-corrected chi connectivity index (χ0v) is 25.8. The lowest BCUT2D eigenvalue weighted by molar-refractivity contribution is -0.150. The van der Waals surface area contributed by atoms with Crippen molar-refractivity contribution in [1.82, 2.24) is 10.0 Å². The molecule has 8 rings (SSSR count). The minimum Gasteiger partial charge on any atom is -0.490 e. The van der Waals surface area contributed by atoms with E-state index in [4.69, 9.17) is 14.0 Å². The molecule has 1 amide bonds. The fourth-order valence-electron chi connectivity index (χ4n) is 7.74. The summed E-state index contributed by atoms with van der Waals surface area (Å²) in [5.74, 6) is 1.37. The lowest BCUT2D eigenvalue weighted by atomic mass is 9.47. The minimum absolute atomic E-state index is 0.0464. The Balaban J connectivity index is 1.11. The number of hydrogen-bond donors (Lipinski definition) is 3. The molecule has 0 spiro atoms. The van der Waals surface area contributed by atoms with Crippen molar-refractivity contribution in [3.63, 3.8) is 0 Å². The maximum Gasteiger partial charge on any atom is 0.481 e. The van der Waals surface area contributed by atoms with E-state index in [1.807, 2.05) is 30.3 Å². The molecule has 0 radical (unpaired) electrons. The van der Waals surface area contributed by atoms with Gasteiger partial charge in [-0.3, -0.25) is 4.79 Å². The summed E-state index contributed by atoms with van der Waals surface area (Å²) >= 11 is 0. The summed E-state index contributed by atoms with van der Waals surface area (Å²) < 4.78 is 48.8. The van der Waals surface area contributed by atoms with Gasteiger partial charge in [0.25, 0.3) is 0 Å². The van der Waals surface area contributed by atoms with Gasteiger partial charge in [-0.15, -0.1) is 0 Å². The highest BCUT2D eigenvalue weighted by atomic mass is 32.2. The number of anilines is 1. The number of carbonyl (C=O) groups excluding carboxylic acids is 1. The van der Waals surface area contributed by atoms with Crippen LogP contribution in [0.5, 0.6) is 5.75 Å². The number of amides is 1. The molecule has 2 bridgehead atoms. The van der Waals surface area contributed by atoms with Crippen molar-refractivity contribution in [2.24, 2.45) is 23.2 Å². The zero-order valence-electron chi connectivity index (χ0n) is 25.0. The summed E-state index contributed by atoms with van der Waals surface area (Å²) in [5, 5.41) is 6.42. The van der Waals surface area contributed by atoms with E-state index >= 15 is 0 Å². The second-order valence-corrected chi connectivity index (χ2v) is 15.4. The molecule has 1 unspecified atom stereocenters. The van der Waals surface area contributed by atoms with Crippen LogP contribution in [0.1, 0.15) is 57.9 Å². The van der Waals surface area contributed by atoms with Gasteiger partial charge in [0.15, 0.2) is 0 Å². The molecule has 2 aromatic rings. The summed E-state index contributed by atoms with van der Waals surface area (Å²) in [5.41, 5.74) is 1.86. The predicted octanol–water partition coefficient (Wildman–Crippen LogP) is 3.93. The molecule has 0 aromatic heterocycles. The quantitative estimate of drug-likeness (QED) is 0.351. The number of benzene rings is 2. The maximum atomic E-state index is 14.1. The highest BCUT2D eigenvalue weighted by molar-refractivity contribution is 7.89. The molecule has 6 atom stereocenters. The van der Waals surface area contributed by atoms with E-state index in [0.717, 1.165) is 36.9 Å². The number of ether oxygens (including phenoxy) is 1. The van der Waals surface area contributed by atoms with Crippen LogP contribution in [-0.4, -0.2) is 58.8 Å². The first-order valence-corrected chi connectivity index (χ1v) is 17.3. The molecule has 11 heteroatoms. The first-order chi connectivity index (χ1) is 20.7. The minimum atomic E-state index is -4.04. The first kappa shape index (κ1) is 29.1. The maximum absolute atomic E-state index is 14.1. The largest absolute Gasteiger partial charge is 0.490 e. The molecule has 43 heavy (non-hydrogen) atoms. The van der Waals surface area contributed by atoms with E-state index in [-0.39, 0.29) is 40.8 Å². The molecule has 5 fully saturated rings. The molecule has 4 saturated carbocycles. The van der Waals surface area contributed by atoms with Crippen LogP contribution in [0.4, 0.5) is 5.69 Å². The lowest BCUT2D eigenvalue weighted by Gasteiger charge is -2.60. The number of rotatable bonds is 10. The molecule has 2 aromatic carbocycles. The lowest BCUT2D eigenvalue weighted by Crippen LogP contribution is -2.59. The van der Waals surface area contributed by atoms with Crippen molar-refractivity contribution >= 4 is 28.7 Å². The van der Waals surface area contributed by atoms with Crippen LogP contribution < -0.4 is 20.1 Å². The number of sulfonamides is 1. The summed E-state index contributed by atoms with van der Waals surface area (Å²) in [6.07, 6.45) is 6.68. The molecule has 2 heterocycles. The van der Waals surface area contributed by atoms with Crippen LogP contribution in [0.15, 0.2) is 53.4 Å². The number of nitrogens with one attached hydrogen (secondary N) is 3. The Bertz CT molecular complexity index is 1450. The second-order valence-electron chi connectivity index (χ2n) is 13.7. The predicted molar refractivity (Wildman–Crippen MR) is 164 cm³/mol. The van der Waals surface area contributed by atoms with Gasteiger partial charge < -0.3 is 24.7 Å². The van der Waals surface area contributed by atoms with E-state index in [0.29, 0.717) is 36.7 Å². The SMILES string of the molecule is CC1(C)[C@H]2C[C@@H]1C1OB([C@H](CC3CCC3)NC(=O)[C@H](Cc3ccccc3)NS(=O)(=O)c3ccc4c(c3)OCCN4)O[C@@H]1C2. The highest BCUT2D eigenvalue weighted by Crippen LogP contribution is 2.61. The average molecular weight is 608 g/mol. The van der Waals surface area contributed by atoms with Crippen LogP contribution in [0.2, 0.25) is 0 Å². The molecule has 6 aliphatic rings. The summed E-state index contributed by atoms with van der Waals surface area (Å²) in [6.45, 7) is 5.78.